The van der Waals surface area contributed by atoms with Gasteiger partial charge >= 0.3 is 6.36 Å². The highest BCUT2D eigenvalue weighted by molar-refractivity contribution is 5.78. The molecule has 0 saturated carbocycles. The number of aliphatic hydroxyl groups is 1. The number of methoxy groups -OCH3 is 1. The van der Waals surface area contributed by atoms with E-state index in [1.54, 1.807) is 0 Å². The minimum absolute atomic E-state index is 0.0156. The molecule has 0 unspecified atom stereocenters. The molecule has 120 valence electrons. The van der Waals surface area contributed by atoms with Gasteiger partial charge in [-0.15, -0.1) is 13.2 Å². The first-order valence-electron chi connectivity index (χ1n) is 6.22. The molecule has 1 heterocycles. The van der Waals surface area contributed by atoms with Crippen LogP contribution in [-0.2, 0) is 11.3 Å². The molecule has 0 radical (unpaired) electrons. The van der Waals surface area contributed by atoms with Gasteiger partial charge in [0, 0.05) is 7.11 Å². The zero-order valence-corrected chi connectivity index (χ0v) is 11.5. The van der Waals surface area contributed by atoms with Gasteiger partial charge in [-0.05, 0) is 18.2 Å². The topological polar surface area (TPSA) is 73.6 Å². The van der Waals surface area contributed by atoms with Crippen LogP contribution in [0.2, 0.25) is 0 Å². The van der Waals surface area contributed by atoms with E-state index >= 15 is 0 Å². The van der Waals surface area contributed by atoms with Crippen LogP contribution in [0.1, 0.15) is 0 Å². The average Bonchev–Trinajstić information content (AvgIpc) is 2.41. The minimum Gasteiger partial charge on any atom is -0.406 e. The molecule has 0 bridgehead atoms. The summed E-state index contributed by atoms with van der Waals surface area (Å²) in [5.74, 6) is -0.505. The van der Waals surface area contributed by atoms with Crippen molar-refractivity contribution in [2.75, 3.05) is 13.7 Å². The number of aromatic nitrogens is 2. The molecule has 0 aliphatic heterocycles. The van der Waals surface area contributed by atoms with Gasteiger partial charge in [-0.1, -0.05) is 0 Å². The third kappa shape index (κ3) is 3.95. The molecule has 1 aromatic carbocycles. The average molecular weight is 318 g/mol. The highest BCUT2D eigenvalue weighted by Crippen LogP contribution is 2.24. The number of fused-ring (bicyclic) bond motifs is 1. The maximum atomic E-state index is 12.2. The first-order chi connectivity index (χ1) is 10.3. The van der Waals surface area contributed by atoms with Gasteiger partial charge in [0.25, 0.3) is 5.56 Å². The number of benzene rings is 1. The molecule has 1 N–H and O–H groups in total. The van der Waals surface area contributed by atoms with E-state index in [-0.39, 0.29) is 24.1 Å². The normalized spacial score (nSPS) is 13.3. The largest absolute Gasteiger partial charge is 0.573 e. The van der Waals surface area contributed by atoms with Crippen molar-refractivity contribution in [2.45, 2.75) is 19.0 Å². The number of rotatable bonds is 5. The number of alkyl halides is 3. The Hall–Kier alpha value is -2.13. The van der Waals surface area contributed by atoms with Crippen LogP contribution in [0.15, 0.2) is 29.3 Å². The lowest BCUT2D eigenvalue weighted by molar-refractivity contribution is -0.274. The zero-order valence-electron chi connectivity index (χ0n) is 11.5. The number of hydrogen-bond acceptors (Lipinski definition) is 5. The summed E-state index contributed by atoms with van der Waals surface area (Å²) >= 11 is 0. The van der Waals surface area contributed by atoms with Gasteiger partial charge in [-0.2, -0.15) is 0 Å². The van der Waals surface area contributed by atoms with Crippen molar-refractivity contribution in [3.8, 4) is 5.75 Å². The van der Waals surface area contributed by atoms with E-state index in [1.165, 1.54) is 19.5 Å². The Kier molecular flexibility index (Phi) is 4.67. The summed E-state index contributed by atoms with van der Waals surface area (Å²) in [5, 5.41) is 9.59. The van der Waals surface area contributed by atoms with E-state index in [1.807, 2.05) is 0 Å². The van der Waals surface area contributed by atoms with Crippen molar-refractivity contribution in [1.29, 1.82) is 0 Å². The van der Waals surface area contributed by atoms with Crippen LogP contribution in [0.25, 0.3) is 10.9 Å². The molecule has 0 spiro atoms. The van der Waals surface area contributed by atoms with Crippen LogP contribution in [-0.4, -0.2) is 40.8 Å². The lowest BCUT2D eigenvalue weighted by atomic mass is 10.2. The monoisotopic (exact) mass is 318 g/mol. The molecule has 1 aromatic heterocycles. The number of ether oxygens (including phenoxy) is 2. The van der Waals surface area contributed by atoms with Gasteiger partial charge in [0.1, 0.15) is 5.75 Å². The van der Waals surface area contributed by atoms with Gasteiger partial charge < -0.3 is 14.6 Å². The third-order valence-electron chi connectivity index (χ3n) is 2.80. The molecule has 9 heteroatoms. The van der Waals surface area contributed by atoms with E-state index < -0.39 is 23.8 Å². The Bertz CT molecular complexity index is 714. The first-order valence-corrected chi connectivity index (χ1v) is 6.22. The lowest BCUT2D eigenvalue weighted by Crippen LogP contribution is -2.29. The summed E-state index contributed by atoms with van der Waals surface area (Å²) in [4.78, 5) is 16.2. The van der Waals surface area contributed by atoms with Crippen molar-refractivity contribution in [2.24, 2.45) is 0 Å². The molecule has 22 heavy (non-hydrogen) atoms. The molecule has 0 saturated heterocycles. The molecule has 0 fully saturated rings. The van der Waals surface area contributed by atoms with Gasteiger partial charge in [0.05, 0.1) is 36.5 Å². The zero-order chi connectivity index (χ0) is 16.3. The van der Waals surface area contributed by atoms with Crippen molar-refractivity contribution >= 4 is 10.9 Å². The predicted molar refractivity (Wildman–Crippen MR) is 70.6 cm³/mol. The van der Waals surface area contributed by atoms with Crippen molar-refractivity contribution in [3.05, 3.63) is 34.9 Å². The third-order valence-corrected chi connectivity index (χ3v) is 2.80. The maximum absolute atomic E-state index is 12.2. The predicted octanol–water partition coefficient (Wildman–Crippen LogP) is 1.30. The van der Waals surface area contributed by atoms with Crippen molar-refractivity contribution in [1.82, 2.24) is 9.55 Å². The van der Waals surface area contributed by atoms with Crippen molar-refractivity contribution < 1.29 is 27.8 Å². The van der Waals surface area contributed by atoms with Gasteiger partial charge in [0.2, 0.25) is 0 Å². The summed E-state index contributed by atoms with van der Waals surface area (Å²) in [6.45, 7) is -0.0678. The van der Waals surface area contributed by atoms with E-state index in [2.05, 4.69) is 9.72 Å². The molecule has 0 aliphatic rings. The highest BCUT2D eigenvalue weighted by atomic mass is 19.4. The molecule has 1 atom stereocenters. The van der Waals surface area contributed by atoms with E-state index in [4.69, 9.17) is 4.74 Å². The summed E-state index contributed by atoms with van der Waals surface area (Å²) in [6, 6.07) is 3.30. The second-order valence-electron chi connectivity index (χ2n) is 4.54. The summed E-state index contributed by atoms with van der Waals surface area (Å²) in [7, 11) is 1.39. The molecular formula is C13H13F3N2O4. The van der Waals surface area contributed by atoms with Crippen LogP contribution >= 0.6 is 0 Å². The van der Waals surface area contributed by atoms with Gasteiger partial charge in [-0.25, -0.2) is 4.98 Å². The second-order valence-corrected chi connectivity index (χ2v) is 4.54. The Morgan fingerprint density at radius 2 is 2.14 bits per heavy atom. The Labute approximate surface area is 122 Å². The van der Waals surface area contributed by atoms with Crippen LogP contribution < -0.4 is 10.3 Å². The molecule has 0 aliphatic carbocycles. The van der Waals surface area contributed by atoms with Gasteiger partial charge in [0.15, 0.2) is 0 Å². The number of aliphatic hydroxyl groups excluding tert-OH is 1. The summed E-state index contributed by atoms with van der Waals surface area (Å²) < 4.78 is 46.3. The Balaban J connectivity index is 2.38. The lowest BCUT2D eigenvalue weighted by Gasteiger charge is -2.12. The molecule has 0 amide bonds. The highest BCUT2D eigenvalue weighted by Gasteiger charge is 2.31. The minimum atomic E-state index is -4.84. The fourth-order valence-corrected chi connectivity index (χ4v) is 1.94. The van der Waals surface area contributed by atoms with E-state index in [0.717, 1.165) is 16.7 Å². The SMILES string of the molecule is COC[C@@H](O)Cn1cnc2ccc(OC(F)(F)F)cc2c1=O. The second kappa shape index (κ2) is 6.32. The fraction of sp³-hybridized carbons (Fsp3) is 0.385. The first kappa shape index (κ1) is 16.2. The number of hydrogen-bond donors (Lipinski definition) is 1. The smallest absolute Gasteiger partial charge is 0.406 e. The van der Waals surface area contributed by atoms with Crippen LogP contribution in [0.3, 0.4) is 0 Å². The Morgan fingerprint density at radius 1 is 1.41 bits per heavy atom. The maximum Gasteiger partial charge on any atom is 0.573 e. The summed E-state index contributed by atoms with van der Waals surface area (Å²) in [6.07, 6.45) is -4.56. The Morgan fingerprint density at radius 3 is 2.77 bits per heavy atom. The van der Waals surface area contributed by atoms with Crippen LogP contribution in [0.5, 0.6) is 5.75 Å². The molecular weight excluding hydrogens is 305 g/mol. The molecule has 6 nitrogen and oxygen atoms in total. The fourth-order valence-electron chi connectivity index (χ4n) is 1.94. The van der Waals surface area contributed by atoms with Crippen LogP contribution in [0, 0.1) is 0 Å². The van der Waals surface area contributed by atoms with E-state index in [9.17, 15) is 23.1 Å². The molecule has 2 rings (SSSR count). The van der Waals surface area contributed by atoms with E-state index in [0.29, 0.717) is 0 Å². The number of nitrogens with zero attached hydrogens (tertiary/aromatic N) is 2. The standard InChI is InChI=1S/C13H13F3N2O4/c1-21-6-8(19)5-18-7-17-11-3-2-9(22-13(14,15)16)4-10(11)12(18)20/h2-4,7-8,19H,5-6H2,1H3/t8-/m0/s1. The van der Waals surface area contributed by atoms with Crippen molar-refractivity contribution in [3.63, 3.8) is 0 Å². The summed E-state index contributed by atoms with van der Waals surface area (Å²) in [5.41, 5.74) is -0.343. The quantitative estimate of drug-likeness (QED) is 0.899. The van der Waals surface area contributed by atoms with Gasteiger partial charge in [-0.3, -0.25) is 9.36 Å². The number of halogens is 3. The van der Waals surface area contributed by atoms with Crippen LogP contribution in [0.4, 0.5) is 13.2 Å². The molecule has 2 aromatic rings.